The molecule has 4 aromatic rings. The van der Waals surface area contributed by atoms with Crippen LogP contribution in [0.25, 0.3) is 28.2 Å². The molecule has 0 unspecified atom stereocenters. The van der Waals surface area contributed by atoms with Gasteiger partial charge >= 0.3 is 0 Å². The van der Waals surface area contributed by atoms with Crippen molar-refractivity contribution in [1.82, 2.24) is 29.9 Å². The zero-order valence-electron chi connectivity index (χ0n) is 15.7. The van der Waals surface area contributed by atoms with E-state index in [1.807, 2.05) is 48.8 Å². The molecule has 0 saturated carbocycles. The molecule has 0 amide bonds. The van der Waals surface area contributed by atoms with Crippen LogP contribution in [0, 0.1) is 13.8 Å². The van der Waals surface area contributed by atoms with Gasteiger partial charge < -0.3 is 14.8 Å². The Morgan fingerprint density at radius 1 is 0.964 bits per heavy atom. The van der Waals surface area contributed by atoms with Crippen molar-refractivity contribution < 1.29 is 5.11 Å². The van der Waals surface area contributed by atoms with Crippen LogP contribution >= 0.6 is 0 Å². The fourth-order valence-corrected chi connectivity index (χ4v) is 3.57. The molecule has 1 aromatic carbocycles. The van der Waals surface area contributed by atoms with Crippen molar-refractivity contribution in [1.29, 1.82) is 0 Å². The minimum Gasteiger partial charge on any atom is -0.508 e. The van der Waals surface area contributed by atoms with Crippen LogP contribution in [0.2, 0.25) is 0 Å². The molecule has 3 aromatic heterocycles. The van der Waals surface area contributed by atoms with E-state index < -0.39 is 0 Å². The molecular formula is C21H20N6O. The topological polar surface area (TPSA) is 88.2 Å². The lowest BCUT2D eigenvalue weighted by Gasteiger charge is -2.25. The number of nitrogens with one attached hydrogen (secondary N) is 1. The molecule has 5 rings (SSSR count). The second kappa shape index (κ2) is 6.38. The number of nitrogens with zero attached hydrogens (tertiary/aromatic N) is 5. The Labute approximate surface area is 162 Å². The zero-order valence-corrected chi connectivity index (χ0v) is 15.7. The largest absolute Gasteiger partial charge is 0.508 e. The Morgan fingerprint density at radius 2 is 1.82 bits per heavy atom. The quantitative estimate of drug-likeness (QED) is 0.575. The van der Waals surface area contributed by atoms with Gasteiger partial charge in [0, 0.05) is 42.5 Å². The van der Waals surface area contributed by atoms with Crippen molar-refractivity contribution in [2.24, 2.45) is 0 Å². The molecule has 0 spiro atoms. The van der Waals surface area contributed by atoms with E-state index in [1.54, 1.807) is 12.1 Å². The third-order valence-corrected chi connectivity index (χ3v) is 5.17. The maximum absolute atomic E-state index is 10.1. The second-order valence-electron chi connectivity index (χ2n) is 7.25. The third kappa shape index (κ3) is 2.80. The van der Waals surface area contributed by atoms with Crippen LogP contribution < -0.4 is 5.32 Å². The number of phenolic OH excluding ortho intramolecular Hbond substituents is 1. The van der Waals surface area contributed by atoms with Crippen LogP contribution in [-0.2, 0) is 0 Å². The monoisotopic (exact) mass is 372 g/mol. The lowest BCUT2D eigenvalue weighted by atomic mass is 9.97. The predicted molar refractivity (Wildman–Crippen MR) is 106 cm³/mol. The summed E-state index contributed by atoms with van der Waals surface area (Å²) in [7, 11) is 0. The first kappa shape index (κ1) is 16.8. The Morgan fingerprint density at radius 3 is 2.54 bits per heavy atom. The highest BCUT2D eigenvalue weighted by molar-refractivity contribution is 5.81. The van der Waals surface area contributed by atoms with Gasteiger partial charge in [-0.15, -0.1) is 0 Å². The first-order valence-corrected chi connectivity index (χ1v) is 9.29. The molecule has 2 N–H and O–H groups in total. The zero-order chi connectivity index (χ0) is 19.3. The predicted octanol–water partition coefficient (Wildman–Crippen LogP) is 2.86. The number of aromatic hydroxyl groups is 1. The molecule has 1 aliphatic heterocycles. The van der Waals surface area contributed by atoms with Crippen LogP contribution in [-0.4, -0.2) is 42.8 Å². The first-order valence-electron chi connectivity index (χ1n) is 9.29. The lowest BCUT2D eigenvalue weighted by Crippen LogP contribution is -2.40. The van der Waals surface area contributed by atoms with Gasteiger partial charge in [0.15, 0.2) is 5.65 Å². The molecule has 1 fully saturated rings. The van der Waals surface area contributed by atoms with Gasteiger partial charge in [-0.1, -0.05) is 0 Å². The highest BCUT2D eigenvalue weighted by atomic mass is 16.3. The van der Waals surface area contributed by atoms with Crippen LogP contribution in [0.5, 0.6) is 5.75 Å². The van der Waals surface area contributed by atoms with E-state index in [9.17, 15) is 5.11 Å². The van der Waals surface area contributed by atoms with E-state index in [0.717, 1.165) is 58.3 Å². The average Bonchev–Trinajstić information content (AvgIpc) is 3.02. The van der Waals surface area contributed by atoms with Gasteiger partial charge in [-0.2, -0.15) is 10.2 Å². The molecular weight excluding hydrogens is 352 g/mol. The van der Waals surface area contributed by atoms with Gasteiger partial charge in [0.05, 0.1) is 28.5 Å². The Kier molecular flexibility index (Phi) is 3.84. The summed E-state index contributed by atoms with van der Waals surface area (Å²) in [5.41, 5.74) is 6.81. The summed E-state index contributed by atoms with van der Waals surface area (Å²) in [5.74, 6) is 0.627. The second-order valence-corrected chi connectivity index (χ2v) is 7.25. The van der Waals surface area contributed by atoms with E-state index >= 15 is 0 Å². The fraction of sp³-hybridized carbons (Fsp3) is 0.238. The molecule has 0 bridgehead atoms. The number of benzene rings is 1. The highest BCUT2D eigenvalue weighted by Crippen LogP contribution is 2.33. The standard InChI is InChI=1S/C21H20N6O/c1-12-10-27-11-20(24-13(2)21(27)23-12)17-7-15(28)3-4-16(17)19-6-5-18(25-26-19)14-8-22-9-14/h3-7,10-11,14,22,28H,8-9H2,1-2H3. The number of hydrogen-bond donors (Lipinski definition) is 2. The van der Waals surface area contributed by atoms with Crippen LogP contribution in [0.4, 0.5) is 0 Å². The van der Waals surface area contributed by atoms with Gasteiger partial charge in [-0.25, -0.2) is 9.97 Å². The molecule has 0 atom stereocenters. The van der Waals surface area contributed by atoms with E-state index in [1.165, 1.54) is 0 Å². The lowest BCUT2D eigenvalue weighted by molar-refractivity contribution is 0.436. The fourth-order valence-electron chi connectivity index (χ4n) is 3.57. The number of rotatable bonds is 3. The van der Waals surface area contributed by atoms with Gasteiger partial charge in [0.25, 0.3) is 0 Å². The molecule has 140 valence electrons. The highest BCUT2D eigenvalue weighted by Gasteiger charge is 2.21. The molecule has 7 heteroatoms. The van der Waals surface area contributed by atoms with Crippen molar-refractivity contribution in [3.63, 3.8) is 0 Å². The van der Waals surface area contributed by atoms with E-state index in [2.05, 4.69) is 20.5 Å². The Bertz CT molecular complexity index is 1180. The van der Waals surface area contributed by atoms with Crippen molar-refractivity contribution in [2.75, 3.05) is 13.1 Å². The summed E-state index contributed by atoms with van der Waals surface area (Å²) in [6.07, 6.45) is 3.90. The summed E-state index contributed by atoms with van der Waals surface area (Å²) in [5, 5.41) is 22.2. The van der Waals surface area contributed by atoms with Gasteiger partial charge in [0.1, 0.15) is 5.75 Å². The van der Waals surface area contributed by atoms with Crippen molar-refractivity contribution in [3.8, 4) is 28.3 Å². The Balaban J connectivity index is 1.63. The van der Waals surface area contributed by atoms with E-state index in [4.69, 9.17) is 4.98 Å². The smallest absolute Gasteiger partial charge is 0.158 e. The van der Waals surface area contributed by atoms with Crippen LogP contribution in [0.15, 0.2) is 42.7 Å². The number of hydrogen-bond acceptors (Lipinski definition) is 6. The first-order chi connectivity index (χ1) is 13.6. The van der Waals surface area contributed by atoms with E-state index in [0.29, 0.717) is 5.92 Å². The van der Waals surface area contributed by atoms with Crippen LogP contribution in [0.3, 0.4) is 0 Å². The maximum atomic E-state index is 10.1. The van der Waals surface area contributed by atoms with Gasteiger partial charge in [0.2, 0.25) is 0 Å². The molecule has 7 nitrogen and oxygen atoms in total. The average molecular weight is 372 g/mol. The maximum Gasteiger partial charge on any atom is 0.158 e. The summed E-state index contributed by atoms with van der Waals surface area (Å²) in [6.45, 7) is 5.80. The van der Waals surface area contributed by atoms with Gasteiger partial charge in [-0.05, 0) is 44.2 Å². The summed E-state index contributed by atoms with van der Waals surface area (Å²) in [6, 6.07) is 9.27. The van der Waals surface area contributed by atoms with Crippen LogP contribution in [0.1, 0.15) is 23.0 Å². The summed E-state index contributed by atoms with van der Waals surface area (Å²) in [4.78, 5) is 9.24. The number of fused-ring (bicyclic) bond motifs is 1. The van der Waals surface area contributed by atoms with E-state index in [-0.39, 0.29) is 5.75 Å². The number of aromatic nitrogens is 5. The normalized spacial score (nSPS) is 14.4. The third-order valence-electron chi connectivity index (χ3n) is 5.17. The SMILES string of the molecule is Cc1cn2cc(-c3cc(O)ccc3-c3ccc(C4CNC4)nn3)nc(C)c2n1. The number of aryl methyl sites for hydroxylation is 2. The number of phenols is 1. The summed E-state index contributed by atoms with van der Waals surface area (Å²) >= 11 is 0. The molecule has 1 saturated heterocycles. The minimum absolute atomic E-state index is 0.185. The van der Waals surface area contributed by atoms with Crippen molar-refractivity contribution in [2.45, 2.75) is 19.8 Å². The van der Waals surface area contributed by atoms with Gasteiger partial charge in [-0.3, -0.25) is 0 Å². The number of imidazole rings is 1. The molecule has 28 heavy (non-hydrogen) atoms. The molecule has 1 aliphatic rings. The van der Waals surface area contributed by atoms with Crippen molar-refractivity contribution >= 4 is 5.65 Å². The molecule has 0 aliphatic carbocycles. The molecule has 0 radical (unpaired) electrons. The van der Waals surface area contributed by atoms with Crippen molar-refractivity contribution in [3.05, 3.63) is 59.8 Å². The summed E-state index contributed by atoms with van der Waals surface area (Å²) < 4.78 is 1.97. The molecule has 4 heterocycles. The Hall–Kier alpha value is -3.32. The minimum atomic E-state index is 0.185.